The van der Waals surface area contributed by atoms with E-state index in [1.165, 1.54) is 16.5 Å². The molecule has 0 bridgehead atoms. The Bertz CT molecular complexity index is 651. The van der Waals surface area contributed by atoms with E-state index in [0.717, 1.165) is 0 Å². The van der Waals surface area contributed by atoms with Gasteiger partial charge in [0.1, 0.15) is 17.2 Å². The first-order valence-electron chi connectivity index (χ1n) is 4.55. The highest BCUT2D eigenvalue weighted by molar-refractivity contribution is 8.13. The number of nitrogens with zero attached hydrogens (tertiary/aromatic N) is 2. The van der Waals surface area contributed by atoms with E-state index in [4.69, 9.17) is 10.7 Å². The van der Waals surface area contributed by atoms with Crippen molar-refractivity contribution in [3.63, 3.8) is 0 Å². The lowest BCUT2D eigenvalue weighted by molar-refractivity contribution is 0.604. The molecule has 7 heteroatoms. The second kappa shape index (κ2) is 3.71. The Morgan fingerprint density at radius 1 is 1.56 bits per heavy atom. The van der Waals surface area contributed by atoms with Crippen molar-refractivity contribution < 1.29 is 12.8 Å². The average molecular weight is 263 g/mol. The predicted molar refractivity (Wildman–Crippen MR) is 57.6 cm³/mol. The van der Waals surface area contributed by atoms with Crippen LogP contribution in [0.1, 0.15) is 12.7 Å². The molecule has 0 radical (unpaired) electrons. The van der Waals surface area contributed by atoms with Crippen molar-refractivity contribution in [2.24, 2.45) is 0 Å². The first kappa shape index (κ1) is 11.3. The molecule has 4 nitrogen and oxygen atoms in total. The average Bonchev–Trinajstić information content (AvgIpc) is 2.57. The molecule has 0 N–H and O–H groups in total. The number of hydrogen-bond acceptors (Lipinski definition) is 3. The molecule has 16 heavy (non-hydrogen) atoms. The SMILES string of the molecule is CCc1nc(S(=O)(=O)Cl)c2c(F)cccn12. The zero-order valence-corrected chi connectivity index (χ0v) is 9.89. The van der Waals surface area contributed by atoms with E-state index in [1.807, 2.05) is 0 Å². The van der Waals surface area contributed by atoms with Gasteiger partial charge in [0.25, 0.3) is 9.05 Å². The molecule has 0 aromatic carbocycles. The van der Waals surface area contributed by atoms with E-state index in [9.17, 15) is 12.8 Å². The second-order valence-electron chi connectivity index (χ2n) is 3.20. The van der Waals surface area contributed by atoms with Crippen LogP contribution in [0.3, 0.4) is 0 Å². The number of aryl methyl sites for hydroxylation is 1. The van der Waals surface area contributed by atoms with Gasteiger partial charge in [0.15, 0.2) is 5.03 Å². The number of halogens is 2. The fourth-order valence-corrected chi connectivity index (χ4v) is 2.51. The molecule has 0 aliphatic rings. The van der Waals surface area contributed by atoms with Gasteiger partial charge in [0.05, 0.1) is 0 Å². The third kappa shape index (κ3) is 1.68. The minimum atomic E-state index is -4.04. The zero-order valence-electron chi connectivity index (χ0n) is 8.31. The van der Waals surface area contributed by atoms with Crippen LogP contribution in [0, 0.1) is 5.82 Å². The van der Waals surface area contributed by atoms with Crippen LogP contribution in [0.15, 0.2) is 23.4 Å². The summed E-state index contributed by atoms with van der Waals surface area (Å²) in [7, 11) is 1.17. The molecule has 0 fully saturated rings. The molecule has 0 atom stereocenters. The monoisotopic (exact) mass is 262 g/mol. The van der Waals surface area contributed by atoms with Crippen LogP contribution in [0.4, 0.5) is 4.39 Å². The molecule has 0 spiro atoms. The van der Waals surface area contributed by atoms with Gasteiger partial charge in [0, 0.05) is 23.3 Å². The van der Waals surface area contributed by atoms with Crippen molar-refractivity contribution in [3.05, 3.63) is 30.0 Å². The lowest BCUT2D eigenvalue weighted by Gasteiger charge is -1.98. The first-order chi connectivity index (χ1) is 7.45. The number of aromatic nitrogens is 2. The number of rotatable bonds is 2. The summed E-state index contributed by atoms with van der Waals surface area (Å²) < 4.78 is 37.4. The van der Waals surface area contributed by atoms with Crippen LogP contribution in [-0.2, 0) is 15.5 Å². The molecule has 2 aromatic heterocycles. The minimum Gasteiger partial charge on any atom is -0.300 e. The molecule has 0 amide bonds. The lowest BCUT2D eigenvalue weighted by atomic mass is 10.4. The molecule has 86 valence electrons. The number of hydrogen-bond donors (Lipinski definition) is 0. The van der Waals surface area contributed by atoms with Crippen molar-refractivity contribution in [1.82, 2.24) is 9.38 Å². The van der Waals surface area contributed by atoms with Gasteiger partial charge in [-0.25, -0.2) is 17.8 Å². The molecule has 0 saturated carbocycles. The Balaban J connectivity index is 2.96. The highest BCUT2D eigenvalue weighted by Crippen LogP contribution is 2.24. The van der Waals surface area contributed by atoms with Crippen molar-refractivity contribution in [2.45, 2.75) is 18.4 Å². The van der Waals surface area contributed by atoms with Gasteiger partial charge in [-0.05, 0) is 12.1 Å². The van der Waals surface area contributed by atoms with Crippen LogP contribution >= 0.6 is 10.7 Å². The van der Waals surface area contributed by atoms with Gasteiger partial charge < -0.3 is 0 Å². The van der Waals surface area contributed by atoms with Gasteiger partial charge in [-0.3, -0.25) is 4.40 Å². The first-order valence-corrected chi connectivity index (χ1v) is 6.86. The smallest absolute Gasteiger partial charge is 0.280 e. The van der Waals surface area contributed by atoms with Crippen molar-refractivity contribution in [1.29, 1.82) is 0 Å². The Morgan fingerprint density at radius 3 is 2.81 bits per heavy atom. The summed E-state index contributed by atoms with van der Waals surface area (Å²) in [5.74, 6) is -0.206. The normalized spacial score (nSPS) is 12.2. The van der Waals surface area contributed by atoms with Crippen molar-refractivity contribution in [3.8, 4) is 0 Å². The largest absolute Gasteiger partial charge is 0.300 e. The van der Waals surface area contributed by atoms with E-state index >= 15 is 0 Å². The molecule has 2 rings (SSSR count). The summed E-state index contributed by atoms with van der Waals surface area (Å²) in [6.07, 6.45) is 2.03. The standard InChI is InChI=1S/C9H8ClFN2O2S/c1-2-7-12-9(16(10,14)15)8-6(11)4-3-5-13(7)8/h3-5H,2H2,1H3. The maximum atomic E-state index is 13.5. The van der Waals surface area contributed by atoms with Gasteiger partial charge >= 0.3 is 0 Å². The van der Waals surface area contributed by atoms with Crippen LogP contribution in [-0.4, -0.2) is 17.8 Å². The van der Waals surface area contributed by atoms with Crippen LogP contribution in [0.25, 0.3) is 5.52 Å². The minimum absolute atomic E-state index is 0.102. The molecular weight excluding hydrogens is 255 g/mol. The van der Waals surface area contributed by atoms with Crippen molar-refractivity contribution in [2.75, 3.05) is 0 Å². The fraction of sp³-hybridized carbons (Fsp3) is 0.222. The van der Waals surface area contributed by atoms with Crippen LogP contribution < -0.4 is 0 Å². The van der Waals surface area contributed by atoms with Gasteiger partial charge in [-0.1, -0.05) is 6.92 Å². The van der Waals surface area contributed by atoms with Gasteiger partial charge in [0.2, 0.25) is 0 Å². The van der Waals surface area contributed by atoms with E-state index in [1.54, 1.807) is 13.1 Å². The maximum Gasteiger partial charge on any atom is 0.280 e. The highest BCUT2D eigenvalue weighted by atomic mass is 35.7. The molecule has 2 heterocycles. The number of fused-ring (bicyclic) bond motifs is 1. The van der Waals surface area contributed by atoms with Gasteiger partial charge in [-0.15, -0.1) is 0 Å². The molecule has 2 aromatic rings. The molecule has 0 saturated heterocycles. The summed E-state index contributed by atoms with van der Waals surface area (Å²) in [5, 5.41) is -0.427. The second-order valence-corrected chi connectivity index (χ2v) is 5.68. The van der Waals surface area contributed by atoms with Gasteiger partial charge in [-0.2, -0.15) is 0 Å². The number of imidazole rings is 1. The Labute approximate surface area is 96.1 Å². The zero-order chi connectivity index (χ0) is 11.9. The van der Waals surface area contributed by atoms with E-state index < -0.39 is 19.9 Å². The third-order valence-corrected chi connectivity index (χ3v) is 3.39. The molecule has 0 aliphatic heterocycles. The topological polar surface area (TPSA) is 51.4 Å². The van der Waals surface area contributed by atoms with E-state index in [0.29, 0.717) is 12.2 Å². The summed E-state index contributed by atoms with van der Waals surface area (Å²) in [5.41, 5.74) is -0.102. The van der Waals surface area contributed by atoms with Crippen molar-refractivity contribution >= 4 is 25.2 Å². The van der Waals surface area contributed by atoms with E-state index in [2.05, 4.69) is 4.98 Å². The predicted octanol–water partition coefficient (Wildman–Crippen LogP) is 1.96. The highest BCUT2D eigenvalue weighted by Gasteiger charge is 2.22. The number of pyridine rings is 1. The summed E-state index contributed by atoms with van der Waals surface area (Å²) >= 11 is 0. The molecule has 0 unspecified atom stereocenters. The lowest BCUT2D eigenvalue weighted by Crippen LogP contribution is -1.94. The summed E-state index contributed by atoms with van der Waals surface area (Å²) in [4.78, 5) is 3.84. The summed E-state index contributed by atoms with van der Waals surface area (Å²) in [6.45, 7) is 1.80. The molecule has 0 aliphatic carbocycles. The fourth-order valence-electron chi connectivity index (χ4n) is 1.55. The maximum absolute atomic E-state index is 13.5. The Kier molecular flexibility index (Phi) is 2.63. The Hall–Kier alpha value is -1.14. The van der Waals surface area contributed by atoms with Crippen LogP contribution in [0.2, 0.25) is 0 Å². The molecular formula is C9H8ClFN2O2S. The quantitative estimate of drug-likeness (QED) is 0.778. The summed E-state index contributed by atoms with van der Waals surface area (Å²) in [6, 6.07) is 2.65. The Morgan fingerprint density at radius 2 is 2.25 bits per heavy atom. The third-order valence-electron chi connectivity index (χ3n) is 2.20. The van der Waals surface area contributed by atoms with Crippen LogP contribution in [0.5, 0.6) is 0 Å². The van der Waals surface area contributed by atoms with E-state index in [-0.39, 0.29) is 5.52 Å².